The standard InChI is InChI=1S/C14H12FN3/c1-10-4-12(8-17-7-10)9-18-14-3-2-11(6-16)5-13(14)15/h2-5,7-8,18H,9H2,1H3. The molecule has 2 rings (SSSR count). The van der Waals surface area contributed by atoms with Crippen molar-refractivity contribution in [2.75, 3.05) is 5.32 Å². The smallest absolute Gasteiger partial charge is 0.147 e. The maximum atomic E-state index is 13.6. The van der Waals surface area contributed by atoms with Crippen LogP contribution in [0.4, 0.5) is 10.1 Å². The normalized spacial score (nSPS) is 9.83. The highest BCUT2D eigenvalue weighted by molar-refractivity contribution is 5.49. The third kappa shape index (κ3) is 2.83. The van der Waals surface area contributed by atoms with Crippen molar-refractivity contribution >= 4 is 5.69 Å². The number of halogens is 1. The first-order valence-electron chi connectivity index (χ1n) is 5.53. The van der Waals surface area contributed by atoms with Crippen LogP contribution in [0, 0.1) is 24.1 Å². The lowest BCUT2D eigenvalue weighted by molar-refractivity contribution is 0.629. The van der Waals surface area contributed by atoms with Crippen molar-refractivity contribution in [3.05, 3.63) is 59.2 Å². The monoisotopic (exact) mass is 241 g/mol. The Hall–Kier alpha value is -2.41. The van der Waals surface area contributed by atoms with E-state index in [4.69, 9.17) is 5.26 Å². The zero-order valence-corrected chi connectivity index (χ0v) is 9.94. The molecule has 18 heavy (non-hydrogen) atoms. The van der Waals surface area contributed by atoms with Gasteiger partial charge < -0.3 is 5.32 Å². The molecule has 0 unspecified atom stereocenters. The Balaban J connectivity index is 2.09. The molecule has 3 nitrogen and oxygen atoms in total. The number of nitrogens with zero attached hydrogens (tertiary/aromatic N) is 2. The summed E-state index contributed by atoms with van der Waals surface area (Å²) in [4.78, 5) is 4.07. The van der Waals surface area contributed by atoms with Crippen LogP contribution < -0.4 is 5.32 Å². The Bertz CT molecular complexity index is 602. The van der Waals surface area contributed by atoms with Crippen molar-refractivity contribution in [3.63, 3.8) is 0 Å². The molecule has 0 radical (unpaired) electrons. The maximum Gasteiger partial charge on any atom is 0.147 e. The van der Waals surface area contributed by atoms with Gasteiger partial charge in [-0.05, 0) is 36.2 Å². The van der Waals surface area contributed by atoms with E-state index in [1.54, 1.807) is 24.5 Å². The van der Waals surface area contributed by atoms with Crippen molar-refractivity contribution in [2.24, 2.45) is 0 Å². The summed E-state index contributed by atoms with van der Waals surface area (Å²) in [6.45, 7) is 2.45. The zero-order valence-electron chi connectivity index (χ0n) is 9.94. The fourth-order valence-electron chi connectivity index (χ4n) is 1.64. The van der Waals surface area contributed by atoms with Crippen LogP contribution in [-0.2, 0) is 6.54 Å². The number of nitriles is 1. The van der Waals surface area contributed by atoms with Gasteiger partial charge in [0.05, 0.1) is 17.3 Å². The minimum Gasteiger partial charge on any atom is -0.379 e. The Morgan fingerprint density at radius 3 is 2.83 bits per heavy atom. The van der Waals surface area contributed by atoms with Gasteiger partial charge in [0.1, 0.15) is 5.82 Å². The molecular formula is C14H12FN3. The molecule has 0 spiro atoms. The van der Waals surface area contributed by atoms with Gasteiger partial charge in [0, 0.05) is 18.9 Å². The van der Waals surface area contributed by atoms with Gasteiger partial charge in [-0.15, -0.1) is 0 Å². The topological polar surface area (TPSA) is 48.7 Å². The van der Waals surface area contributed by atoms with E-state index in [0.29, 0.717) is 17.8 Å². The van der Waals surface area contributed by atoms with Gasteiger partial charge in [-0.3, -0.25) is 4.98 Å². The lowest BCUT2D eigenvalue weighted by Gasteiger charge is -2.08. The second-order valence-corrected chi connectivity index (χ2v) is 4.03. The van der Waals surface area contributed by atoms with Crippen LogP contribution in [0.1, 0.15) is 16.7 Å². The molecule has 0 aliphatic rings. The number of pyridine rings is 1. The molecule has 0 amide bonds. The molecule has 90 valence electrons. The molecule has 0 aliphatic heterocycles. The second-order valence-electron chi connectivity index (χ2n) is 4.03. The molecule has 4 heteroatoms. The molecule has 2 aromatic rings. The molecular weight excluding hydrogens is 229 g/mol. The molecule has 1 aromatic carbocycles. The number of rotatable bonds is 3. The molecule has 0 saturated heterocycles. The summed E-state index contributed by atoms with van der Waals surface area (Å²) in [5.41, 5.74) is 2.75. The Kier molecular flexibility index (Phi) is 3.54. The van der Waals surface area contributed by atoms with E-state index in [1.807, 2.05) is 19.1 Å². The van der Waals surface area contributed by atoms with Crippen molar-refractivity contribution in [3.8, 4) is 6.07 Å². The fraction of sp³-hybridized carbons (Fsp3) is 0.143. The first kappa shape index (κ1) is 12.1. The first-order chi connectivity index (χ1) is 8.69. The van der Waals surface area contributed by atoms with E-state index in [-0.39, 0.29) is 0 Å². The maximum absolute atomic E-state index is 13.6. The van der Waals surface area contributed by atoms with Crippen LogP contribution in [0.2, 0.25) is 0 Å². The molecule has 0 saturated carbocycles. The molecule has 0 atom stereocenters. The van der Waals surface area contributed by atoms with E-state index in [0.717, 1.165) is 11.1 Å². The van der Waals surface area contributed by atoms with Gasteiger partial charge in [-0.2, -0.15) is 5.26 Å². The summed E-state index contributed by atoms with van der Waals surface area (Å²) in [7, 11) is 0. The minimum absolute atomic E-state index is 0.315. The second kappa shape index (κ2) is 5.28. The van der Waals surface area contributed by atoms with Gasteiger partial charge in [-0.1, -0.05) is 6.07 Å². The number of hydrogen-bond acceptors (Lipinski definition) is 3. The van der Waals surface area contributed by atoms with Crippen molar-refractivity contribution < 1.29 is 4.39 Å². The average molecular weight is 241 g/mol. The van der Waals surface area contributed by atoms with E-state index >= 15 is 0 Å². The average Bonchev–Trinajstić information content (AvgIpc) is 2.37. The number of anilines is 1. The number of benzene rings is 1. The van der Waals surface area contributed by atoms with Gasteiger partial charge >= 0.3 is 0 Å². The predicted molar refractivity (Wildman–Crippen MR) is 67.4 cm³/mol. The van der Waals surface area contributed by atoms with Crippen LogP contribution >= 0.6 is 0 Å². The minimum atomic E-state index is -0.422. The Morgan fingerprint density at radius 2 is 2.17 bits per heavy atom. The van der Waals surface area contributed by atoms with Crippen molar-refractivity contribution in [2.45, 2.75) is 13.5 Å². The molecule has 1 N–H and O–H groups in total. The third-order valence-corrected chi connectivity index (χ3v) is 2.51. The van der Waals surface area contributed by atoms with Crippen LogP contribution in [-0.4, -0.2) is 4.98 Å². The SMILES string of the molecule is Cc1cncc(CNc2ccc(C#N)cc2F)c1. The number of aromatic nitrogens is 1. The molecule has 1 aromatic heterocycles. The molecule has 0 fully saturated rings. The summed E-state index contributed by atoms with van der Waals surface area (Å²) in [5.74, 6) is -0.422. The van der Waals surface area contributed by atoms with Gasteiger partial charge in [0.25, 0.3) is 0 Å². The van der Waals surface area contributed by atoms with Gasteiger partial charge in [0.2, 0.25) is 0 Å². The van der Waals surface area contributed by atoms with Crippen LogP contribution in [0.25, 0.3) is 0 Å². The summed E-state index contributed by atoms with van der Waals surface area (Å²) in [5, 5.41) is 11.6. The summed E-state index contributed by atoms with van der Waals surface area (Å²) in [6.07, 6.45) is 3.51. The van der Waals surface area contributed by atoms with Crippen LogP contribution in [0.3, 0.4) is 0 Å². The largest absolute Gasteiger partial charge is 0.379 e. The highest BCUT2D eigenvalue weighted by atomic mass is 19.1. The van der Waals surface area contributed by atoms with Crippen LogP contribution in [0.15, 0.2) is 36.7 Å². The van der Waals surface area contributed by atoms with E-state index in [2.05, 4.69) is 10.3 Å². The number of nitrogens with one attached hydrogen (secondary N) is 1. The Labute approximate surface area is 105 Å². The predicted octanol–water partition coefficient (Wildman–Crippen LogP) is 3.01. The van der Waals surface area contributed by atoms with E-state index in [9.17, 15) is 4.39 Å². The summed E-state index contributed by atoms with van der Waals surface area (Å²) >= 11 is 0. The summed E-state index contributed by atoms with van der Waals surface area (Å²) < 4.78 is 13.6. The van der Waals surface area contributed by atoms with Crippen molar-refractivity contribution in [1.29, 1.82) is 5.26 Å². The highest BCUT2D eigenvalue weighted by Gasteiger charge is 2.03. The first-order valence-corrected chi connectivity index (χ1v) is 5.53. The van der Waals surface area contributed by atoms with E-state index in [1.165, 1.54) is 6.07 Å². The quantitative estimate of drug-likeness (QED) is 0.898. The lowest BCUT2D eigenvalue weighted by atomic mass is 10.2. The molecule has 0 aliphatic carbocycles. The van der Waals surface area contributed by atoms with Crippen LogP contribution in [0.5, 0.6) is 0 Å². The number of hydrogen-bond donors (Lipinski definition) is 1. The van der Waals surface area contributed by atoms with E-state index < -0.39 is 5.82 Å². The summed E-state index contributed by atoms with van der Waals surface area (Å²) in [6, 6.07) is 8.26. The molecule has 0 bridgehead atoms. The highest BCUT2D eigenvalue weighted by Crippen LogP contribution is 2.16. The number of aryl methyl sites for hydroxylation is 1. The lowest BCUT2D eigenvalue weighted by Crippen LogP contribution is -2.02. The zero-order chi connectivity index (χ0) is 13.0. The molecule has 1 heterocycles. The van der Waals surface area contributed by atoms with Gasteiger partial charge in [0.15, 0.2) is 0 Å². The fourth-order valence-corrected chi connectivity index (χ4v) is 1.64. The third-order valence-electron chi connectivity index (χ3n) is 2.51. The van der Waals surface area contributed by atoms with Gasteiger partial charge in [-0.25, -0.2) is 4.39 Å². The van der Waals surface area contributed by atoms with Crippen molar-refractivity contribution in [1.82, 2.24) is 4.98 Å². The Morgan fingerprint density at radius 1 is 1.33 bits per heavy atom.